The average molecular weight is 210 g/mol. The highest BCUT2D eigenvalue weighted by Crippen LogP contribution is 2.28. The Morgan fingerprint density at radius 2 is 1.88 bits per heavy atom. The molecule has 0 saturated carbocycles. The Morgan fingerprint density at radius 1 is 1.06 bits per heavy atom. The molecule has 78 valence electrons. The van der Waals surface area contributed by atoms with E-state index in [4.69, 9.17) is 0 Å². The van der Waals surface area contributed by atoms with Crippen LogP contribution in [0.5, 0.6) is 5.75 Å². The van der Waals surface area contributed by atoms with E-state index in [1.165, 1.54) is 0 Å². The van der Waals surface area contributed by atoms with Gasteiger partial charge in [0.2, 0.25) is 0 Å². The first-order valence-corrected chi connectivity index (χ1v) is 5.06. The van der Waals surface area contributed by atoms with E-state index in [0.717, 1.165) is 22.2 Å². The van der Waals surface area contributed by atoms with Crippen molar-refractivity contribution in [2.24, 2.45) is 0 Å². The molecular formula is C13H10N2O. The predicted octanol–water partition coefficient (Wildman–Crippen LogP) is 2.94. The van der Waals surface area contributed by atoms with Crippen LogP contribution in [0.15, 0.2) is 48.8 Å². The van der Waals surface area contributed by atoms with Gasteiger partial charge >= 0.3 is 0 Å². The van der Waals surface area contributed by atoms with Crippen molar-refractivity contribution in [3.05, 3.63) is 48.8 Å². The van der Waals surface area contributed by atoms with Gasteiger partial charge in [-0.05, 0) is 29.8 Å². The summed E-state index contributed by atoms with van der Waals surface area (Å²) in [6.07, 6.45) is 3.70. The zero-order valence-electron chi connectivity index (χ0n) is 8.51. The molecule has 0 aliphatic rings. The molecule has 0 saturated heterocycles. The standard InChI is InChI=1S/C13H10N2O/c16-10-5-3-9(4-6-10)12-8-15-13-11(12)2-1-7-14-13/h1-8,16H,(H,14,15). The molecule has 3 rings (SSSR count). The molecular weight excluding hydrogens is 200 g/mol. The summed E-state index contributed by atoms with van der Waals surface area (Å²) in [5.41, 5.74) is 3.05. The molecule has 0 amide bonds. The second-order valence-corrected chi connectivity index (χ2v) is 3.65. The Morgan fingerprint density at radius 3 is 2.69 bits per heavy atom. The summed E-state index contributed by atoms with van der Waals surface area (Å²) < 4.78 is 0. The fraction of sp³-hybridized carbons (Fsp3) is 0. The third-order valence-electron chi connectivity index (χ3n) is 2.63. The van der Waals surface area contributed by atoms with Crippen molar-refractivity contribution < 1.29 is 5.11 Å². The van der Waals surface area contributed by atoms with Crippen molar-refractivity contribution >= 4 is 11.0 Å². The van der Waals surface area contributed by atoms with Gasteiger partial charge in [0.05, 0.1) is 0 Å². The first-order chi connectivity index (χ1) is 7.84. The summed E-state index contributed by atoms with van der Waals surface area (Å²) in [6, 6.07) is 11.1. The molecule has 0 fully saturated rings. The molecule has 0 unspecified atom stereocenters. The molecule has 0 spiro atoms. The number of aromatic amines is 1. The van der Waals surface area contributed by atoms with Crippen LogP contribution in [0.4, 0.5) is 0 Å². The molecule has 3 heteroatoms. The molecule has 0 atom stereocenters. The topological polar surface area (TPSA) is 48.9 Å². The van der Waals surface area contributed by atoms with Gasteiger partial charge in [0.25, 0.3) is 0 Å². The monoisotopic (exact) mass is 210 g/mol. The summed E-state index contributed by atoms with van der Waals surface area (Å²) in [5, 5.41) is 10.3. The fourth-order valence-electron chi connectivity index (χ4n) is 1.84. The molecule has 2 N–H and O–H groups in total. The number of hydrogen-bond acceptors (Lipinski definition) is 2. The minimum absolute atomic E-state index is 0.279. The second kappa shape index (κ2) is 3.38. The number of pyridine rings is 1. The second-order valence-electron chi connectivity index (χ2n) is 3.65. The lowest BCUT2D eigenvalue weighted by Gasteiger charge is -1.99. The van der Waals surface area contributed by atoms with Gasteiger partial charge in [-0.15, -0.1) is 0 Å². The van der Waals surface area contributed by atoms with E-state index in [-0.39, 0.29) is 5.75 Å². The largest absolute Gasteiger partial charge is 0.508 e. The molecule has 2 heterocycles. The molecule has 2 aromatic heterocycles. The Kier molecular flexibility index (Phi) is 1.90. The number of phenolic OH excluding ortho intramolecular Hbond substituents is 1. The number of benzene rings is 1. The first-order valence-electron chi connectivity index (χ1n) is 5.06. The number of aromatic hydroxyl groups is 1. The lowest BCUT2D eigenvalue weighted by molar-refractivity contribution is 0.475. The lowest BCUT2D eigenvalue weighted by atomic mass is 10.1. The zero-order chi connectivity index (χ0) is 11.0. The third-order valence-corrected chi connectivity index (χ3v) is 2.63. The van der Waals surface area contributed by atoms with E-state index in [9.17, 15) is 5.11 Å². The van der Waals surface area contributed by atoms with E-state index >= 15 is 0 Å². The van der Waals surface area contributed by atoms with Crippen LogP contribution in [0.1, 0.15) is 0 Å². The van der Waals surface area contributed by atoms with Crippen LogP contribution >= 0.6 is 0 Å². The number of rotatable bonds is 1. The lowest BCUT2D eigenvalue weighted by Crippen LogP contribution is -1.76. The van der Waals surface area contributed by atoms with E-state index in [1.807, 2.05) is 30.5 Å². The Bertz CT molecular complexity index is 626. The SMILES string of the molecule is Oc1ccc(-c2c[nH]c3ncccc23)cc1. The smallest absolute Gasteiger partial charge is 0.137 e. The van der Waals surface area contributed by atoms with Crippen molar-refractivity contribution in [1.29, 1.82) is 0 Å². The normalized spacial score (nSPS) is 10.8. The Balaban J connectivity index is 2.22. The van der Waals surface area contributed by atoms with Crippen molar-refractivity contribution in [2.75, 3.05) is 0 Å². The Hall–Kier alpha value is -2.29. The van der Waals surface area contributed by atoms with Crippen LogP contribution in [0.2, 0.25) is 0 Å². The average Bonchev–Trinajstić information content (AvgIpc) is 2.74. The number of nitrogens with zero attached hydrogens (tertiary/aromatic N) is 1. The highest BCUT2D eigenvalue weighted by molar-refractivity contribution is 5.93. The molecule has 3 aromatic rings. The van der Waals surface area contributed by atoms with Crippen LogP contribution in [0.25, 0.3) is 22.2 Å². The molecule has 0 aliphatic heterocycles. The van der Waals surface area contributed by atoms with Crippen LogP contribution in [-0.2, 0) is 0 Å². The maximum Gasteiger partial charge on any atom is 0.137 e. The van der Waals surface area contributed by atoms with Gasteiger partial charge < -0.3 is 10.1 Å². The first kappa shape index (κ1) is 8.97. The van der Waals surface area contributed by atoms with Crippen molar-refractivity contribution in [2.45, 2.75) is 0 Å². The molecule has 0 bridgehead atoms. The Labute approximate surface area is 92.4 Å². The van der Waals surface area contributed by atoms with E-state index in [0.29, 0.717) is 0 Å². The van der Waals surface area contributed by atoms with E-state index in [1.54, 1.807) is 18.3 Å². The van der Waals surface area contributed by atoms with Crippen LogP contribution in [0.3, 0.4) is 0 Å². The number of fused-ring (bicyclic) bond motifs is 1. The highest BCUT2D eigenvalue weighted by Gasteiger charge is 2.05. The van der Waals surface area contributed by atoms with E-state index < -0.39 is 0 Å². The maximum atomic E-state index is 9.25. The molecule has 1 aromatic carbocycles. The van der Waals surface area contributed by atoms with Gasteiger partial charge in [-0.2, -0.15) is 0 Å². The van der Waals surface area contributed by atoms with Crippen LogP contribution in [0, 0.1) is 0 Å². The summed E-state index contributed by atoms with van der Waals surface area (Å²) in [6.45, 7) is 0. The van der Waals surface area contributed by atoms with Crippen molar-refractivity contribution in [1.82, 2.24) is 9.97 Å². The minimum Gasteiger partial charge on any atom is -0.508 e. The summed E-state index contributed by atoms with van der Waals surface area (Å²) in [5.74, 6) is 0.279. The number of hydrogen-bond donors (Lipinski definition) is 2. The number of nitrogens with one attached hydrogen (secondary N) is 1. The van der Waals surface area contributed by atoms with Gasteiger partial charge in [-0.1, -0.05) is 12.1 Å². The van der Waals surface area contributed by atoms with Gasteiger partial charge in [0.15, 0.2) is 0 Å². The summed E-state index contributed by atoms with van der Waals surface area (Å²) in [7, 11) is 0. The van der Waals surface area contributed by atoms with Crippen molar-refractivity contribution in [3.63, 3.8) is 0 Å². The minimum atomic E-state index is 0.279. The fourth-order valence-corrected chi connectivity index (χ4v) is 1.84. The molecule has 16 heavy (non-hydrogen) atoms. The van der Waals surface area contributed by atoms with Crippen molar-refractivity contribution in [3.8, 4) is 16.9 Å². The van der Waals surface area contributed by atoms with Crippen LogP contribution in [-0.4, -0.2) is 15.1 Å². The van der Waals surface area contributed by atoms with Gasteiger partial charge in [-0.3, -0.25) is 0 Å². The maximum absolute atomic E-state index is 9.25. The molecule has 3 nitrogen and oxygen atoms in total. The zero-order valence-corrected chi connectivity index (χ0v) is 8.51. The molecule has 0 aliphatic carbocycles. The van der Waals surface area contributed by atoms with Crippen LogP contribution < -0.4 is 0 Å². The number of H-pyrrole nitrogens is 1. The third kappa shape index (κ3) is 1.34. The van der Waals surface area contributed by atoms with Gasteiger partial charge in [-0.25, -0.2) is 4.98 Å². The van der Waals surface area contributed by atoms with E-state index in [2.05, 4.69) is 9.97 Å². The molecule has 0 radical (unpaired) electrons. The highest BCUT2D eigenvalue weighted by atomic mass is 16.3. The summed E-state index contributed by atoms with van der Waals surface area (Å²) in [4.78, 5) is 7.37. The summed E-state index contributed by atoms with van der Waals surface area (Å²) >= 11 is 0. The quantitative estimate of drug-likeness (QED) is 0.648. The van der Waals surface area contributed by atoms with Gasteiger partial charge in [0, 0.05) is 23.3 Å². The predicted molar refractivity (Wildman–Crippen MR) is 63.2 cm³/mol. The van der Waals surface area contributed by atoms with Gasteiger partial charge in [0.1, 0.15) is 11.4 Å². The number of phenols is 1. The number of aromatic nitrogens is 2.